The first kappa shape index (κ1) is 25.8. The molecule has 5 nitrogen and oxygen atoms in total. The van der Waals surface area contributed by atoms with Crippen molar-refractivity contribution in [3.05, 3.63) is 120 Å². The van der Waals surface area contributed by atoms with E-state index in [4.69, 9.17) is 18.9 Å². The van der Waals surface area contributed by atoms with Crippen LogP contribution in [0.5, 0.6) is 0 Å². The third-order valence-electron chi connectivity index (χ3n) is 5.33. The summed E-state index contributed by atoms with van der Waals surface area (Å²) in [6, 6.07) is 29.7. The Morgan fingerprint density at radius 3 is 1.53 bits per heavy atom. The highest BCUT2D eigenvalue weighted by Crippen LogP contribution is 2.19. The van der Waals surface area contributed by atoms with Crippen LogP contribution < -0.4 is 0 Å². The number of aliphatic hydroxyl groups is 1. The Balaban J connectivity index is 1.76. The lowest BCUT2D eigenvalue weighted by Crippen LogP contribution is -2.46. The summed E-state index contributed by atoms with van der Waals surface area (Å²) in [5, 5.41) is 10.3. The molecule has 1 N–H and O–H groups in total. The molecular weight excluding hydrogens is 428 g/mol. The van der Waals surface area contributed by atoms with Crippen LogP contribution in [0.1, 0.15) is 16.7 Å². The Morgan fingerprint density at radius 2 is 1.09 bits per heavy atom. The van der Waals surface area contributed by atoms with Crippen LogP contribution in [0.3, 0.4) is 0 Å². The van der Waals surface area contributed by atoms with Gasteiger partial charge in [0.25, 0.3) is 0 Å². The molecule has 0 saturated carbocycles. The molecule has 0 aromatic heterocycles. The van der Waals surface area contributed by atoms with E-state index in [-0.39, 0.29) is 13.2 Å². The molecule has 3 aromatic rings. The molecule has 0 amide bonds. The molecule has 0 heterocycles. The molecule has 3 unspecified atom stereocenters. The highest BCUT2D eigenvalue weighted by atomic mass is 16.6. The number of ether oxygens (including phenoxy) is 4. The average molecular weight is 463 g/mol. The van der Waals surface area contributed by atoms with E-state index in [0.29, 0.717) is 26.4 Å². The minimum atomic E-state index is -0.600. The maximum absolute atomic E-state index is 10.3. The van der Waals surface area contributed by atoms with Crippen LogP contribution in [0.25, 0.3) is 0 Å². The summed E-state index contributed by atoms with van der Waals surface area (Å²) < 4.78 is 24.5. The summed E-state index contributed by atoms with van der Waals surface area (Å²) in [6.07, 6.45) is 0.0834. The molecule has 3 rings (SSSR count). The molecule has 0 aliphatic rings. The Bertz CT molecular complexity index is 917. The maximum atomic E-state index is 10.3. The van der Waals surface area contributed by atoms with Gasteiger partial charge in [-0.2, -0.15) is 0 Å². The zero-order valence-corrected chi connectivity index (χ0v) is 19.5. The average Bonchev–Trinajstić information content (AvgIpc) is 2.90. The van der Waals surface area contributed by atoms with Crippen molar-refractivity contribution in [1.29, 1.82) is 0 Å². The lowest BCUT2D eigenvalue weighted by molar-refractivity contribution is -0.174. The monoisotopic (exact) mass is 462 g/mol. The topological polar surface area (TPSA) is 57.2 Å². The second kappa shape index (κ2) is 15.2. The Morgan fingerprint density at radius 1 is 0.647 bits per heavy atom. The largest absolute Gasteiger partial charge is 0.394 e. The summed E-state index contributed by atoms with van der Waals surface area (Å²) >= 11 is 0. The number of hydrogen-bond donors (Lipinski definition) is 1. The van der Waals surface area contributed by atoms with E-state index in [9.17, 15) is 5.11 Å². The van der Waals surface area contributed by atoms with Crippen LogP contribution in [-0.4, -0.2) is 43.2 Å². The second-order valence-corrected chi connectivity index (χ2v) is 7.94. The van der Waals surface area contributed by atoms with Gasteiger partial charge in [-0.1, -0.05) is 97.1 Å². The van der Waals surface area contributed by atoms with E-state index < -0.39 is 18.3 Å². The van der Waals surface area contributed by atoms with Gasteiger partial charge in [-0.3, -0.25) is 0 Å². The minimum Gasteiger partial charge on any atom is -0.394 e. The fourth-order valence-corrected chi connectivity index (χ4v) is 3.53. The van der Waals surface area contributed by atoms with E-state index in [0.717, 1.165) is 16.7 Å². The molecule has 34 heavy (non-hydrogen) atoms. The summed E-state index contributed by atoms with van der Waals surface area (Å²) in [5.41, 5.74) is 3.09. The van der Waals surface area contributed by atoms with Crippen molar-refractivity contribution in [3.63, 3.8) is 0 Å². The smallest absolute Gasteiger partial charge is 0.115 e. The van der Waals surface area contributed by atoms with Gasteiger partial charge < -0.3 is 24.1 Å². The molecule has 0 radical (unpaired) electrons. The van der Waals surface area contributed by atoms with Crippen molar-refractivity contribution in [1.82, 2.24) is 0 Å². The predicted octanol–water partition coefficient (Wildman–Crippen LogP) is 4.94. The highest BCUT2D eigenvalue weighted by Gasteiger charge is 2.32. The summed E-state index contributed by atoms with van der Waals surface area (Å²) in [6.45, 7) is 5.31. The first-order valence-corrected chi connectivity index (χ1v) is 11.6. The van der Waals surface area contributed by atoms with Gasteiger partial charge in [0.05, 0.1) is 39.6 Å². The number of rotatable bonds is 16. The predicted molar refractivity (Wildman–Crippen MR) is 133 cm³/mol. The quantitative estimate of drug-likeness (QED) is 0.241. The van der Waals surface area contributed by atoms with E-state index >= 15 is 0 Å². The van der Waals surface area contributed by atoms with Crippen molar-refractivity contribution < 1.29 is 24.1 Å². The maximum Gasteiger partial charge on any atom is 0.115 e. The molecule has 3 aromatic carbocycles. The minimum absolute atomic E-state index is 0.209. The van der Waals surface area contributed by atoms with Crippen molar-refractivity contribution >= 4 is 0 Å². The van der Waals surface area contributed by atoms with Gasteiger partial charge in [0, 0.05) is 0 Å². The van der Waals surface area contributed by atoms with E-state index in [2.05, 4.69) is 6.58 Å². The normalized spacial score (nSPS) is 13.8. The van der Waals surface area contributed by atoms with Crippen LogP contribution >= 0.6 is 0 Å². The molecule has 180 valence electrons. The Hall–Kier alpha value is -2.80. The van der Waals surface area contributed by atoms with Gasteiger partial charge in [0.15, 0.2) is 0 Å². The molecule has 0 spiro atoms. The van der Waals surface area contributed by atoms with E-state index in [1.807, 2.05) is 91.0 Å². The van der Waals surface area contributed by atoms with Crippen LogP contribution in [-0.2, 0) is 38.8 Å². The fraction of sp³-hybridized carbons (Fsp3) is 0.310. The number of hydrogen-bond acceptors (Lipinski definition) is 5. The van der Waals surface area contributed by atoms with Crippen molar-refractivity contribution in [2.75, 3.05) is 19.8 Å². The molecule has 3 atom stereocenters. The van der Waals surface area contributed by atoms with Gasteiger partial charge in [-0.15, -0.1) is 6.58 Å². The molecule has 0 aliphatic carbocycles. The summed E-state index contributed by atoms with van der Waals surface area (Å²) in [5.74, 6) is 0. The number of aliphatic hydroxyl groups excluding tert-OH is 1. The zero-order valence-electron chi connectivity index (χ0n) is 19.5. The third kappa shape index (κ3) is 8.86. The standard InChI is InChI=1S/C29H34O5/c1-2-18-31-23-28(33-21-25-14-8-4-9-15-25)29(34-22-26-16-10-5-11-17-26)27(19-30)32-20-24-12-6-3-7-13-24/h2-17,27-30H,1,18-23H2. The van der Waals surface area contributed by atoms with Gasteiger partial charge >= 0.3 is 0 Å². The van der Waals surface area contributed by atoms with Gasteiger partial charge in [-0.05, 0) is 16.7 Å². The van der Waals surface area contributed by atoms with Gasteiger partial charge in [0.2, 0.25) is 0 Å². The molecule has 0 saturated heterocycles. The first-order valence-electron chi connectivity index (χ1n) is 11.6. The van der Waals surface area contributed by atoms with Crippen LogP contribution in [0.15, 0.2) is 104 Å². The molecule has 0 bridgehead atoms. The van der Waals surface area contributed by atoms with Crippen molar-refractivity contribution in [2.45, 2.75) is 38.1 Å². The number of benzene rings is 3. The summed E-state index contributed by atoms with van der Waals surface area (Å²) in [4.78, 5) is 0. The fourth-order valence-electron chi connectivity index (χ4n) is 3.53. The molecule has 0 fully saturated rings. The lowest BCUT2D eigenvalue weighted by atomic mass is 10.1. The van der Waals surface area contributed by atoms with Crippen molar-refractivity contribution in [3.8, 4) is 0 Å². The Kier molecular flexibility index (Phi) is 11.5. The Labute approximate surface area is 202 Å². The van der Waals surface area contributed by atoms with E-state index in [1.165, 1.54) is 0 Å². The molecular formula is C29H34O5. The van der Waals surface area contributed by atoms with Crippen molar-refractivity contribution in [2.24, 2.45) is 0 Å². The molecule has 5 heteroatoms. The second-order valence-electron chi connectivity index (χ2n) is 7.94. The van der Waals surface area contributed by atoms with Gasteiger partial charge in [-0.25, -0.2) is 0 Å². The molecule has 0 aliphatic heterocycles. The third-order valence-corrected chi connectivity index (χ3v) is 5.33. The van der Waals surface area contributed by atoms with Crippen LogP contribution in [0.4, 0.5) is 0 Å². The summed E-state index contributed by atoms with van der Waals surface area (Å²) in [7, 11) is 0. The van der Waals surface area contributed by atoms with Crippen LogP contribution in [0.2, 0.25) is 0 Å². The SMILES string of the molecule is C=CCOCC(OCc1ccccc1)C(OCc1ccccc1)C(CO)OCc1ccccc1. The van der Waals surface area contributed by atoms with Gasteiger partial charge in [0.1, 0.15) is 18.3 Å². The van der Waals surface area contributed by atoms with Crippen LogP contribution in [0, 0.1) is 0 Å². The lowest BCUT2D eigenvalue weighted by Gasteiger charge is -2.33. The highest BCUT2D eigenvalue weighted by molar-refractivity contribution is 5.15. The van der Waals surface area contributed by atoms with E-state index in [1.54, 1.807) is 6.08 Å². The zero-order chi connectivity index (χ0) is 23.8. The first-order chi connectivity index (χ1) is 16.8.